The van der Waals surface area contributed by atoms with Crippen molar-refractivity contribution >= 4 is 46.4 Å². The van der Waals surface area contributed by atoms with E-state index in [-0.39, 0.29) is 23.6 Å². The maximum Gasteiger partial charge on any atom is 0.286 e. The van der Waals surface area contributed by atoms with Crippen molar-refractivity contribution < 1.29 is 23.9 Å². The van der Waals surface area contributed by atoms with Gasteiger partial charge in [0.05, 0.1) is 12.0 Å². The van der Waals surface area contributed by atoms with Gasteiger partial charge in [-0.2, -0.15) is 4.99 Å². The standard InChI is InChI=1S/C21H19N3O5S/c1-13(25)22-21-24-20(27)18(30-21)11-14-3-7-17(8-4-14)29-12-19(26)23-15-5-9-16(28-2)10-6-15/h3-11H,12H2,1-2H3,(H,23,26)(H,22,24,25,27)/b18-11-. The van der Waals surface area contributed by atoms with E-state index in [0.29, 0.717) is 22.1 Å². The van der Waals surface area contributed by atoms with Crippen molar-refractivity contribution in [3.05, 3.63) is 59.0 Å². The van der Waals surface area contributed by atoms with Crippen LogP contribution in [-0.2, 0) is 14.4 Å². The van der Waals surface area contributed by atoms with Crippen molar-refractivity contribution in [2.75, 3.05) is 19.0 Å². The molecule has 30 heavy (non-hydrogen) atoms. The molecule has 3 rings (SSSR count). The number of hydrogen-bond donors (Lipinski definition) is 2. The number of nitrogens with one attached hydrogen (secondary N) is 2. The monoisotopic (exact) mass is 425 g/mol. The number of amidine groups is 1. The number of thioether (sulfide) groups is 1. The van der Waals surface area contributed by atoms with E-state index >= 15 is 0 Å². The Labute approximate surface area is 177 Å². The van der Waals surface area contributed by atoms with Gasteiger partial charge in [0, 0.05) is 12.6 Å². The van der Waals surface area contributed by atoms with Gasteiger partial charge in [-0.15, -0.1) is 0 Å². The Morgan fingerprint density at radius 3 is 2.33 bits per heavy atom. The average molecular weight is 425 g/mol. The summed E-state index contributed by atoms with van der Waals surface area (Å²) in [6.07, 6.45) is 1.67. The summed E-state index contributed by atoms with van der Waals surface area (Å²) in [5.74, 6) is 0.242. The highest BCUT2D eigenvalue weighted by molar-refractivity contribution is 8.18. The van der Waals surface area contributed by atoms with E-state index in [2.05, 4.69) is 15.6 Å². The number of aliphatic imine (C=N–C) groups is 1. The van der Waals surface area contributed by atoms with Gasteiger partial charge < -0.3 is 20.1 Å². The highest BCUT2D eigenvalue weighted by Gasteiger charge is 2.22. The van der Waals surface area contributed by atoms with Gasteiger partial charge in [0.25, 0.3) is 11.8 Å². The number of hydrogen-bond acceptors (Lipinski definition) is 6. The summed E-state index contributed by atoms with van der Waals surface area (Å²) in [5.41, 5.74) is 1.41. The van der Waals surface area contributed by atoms with E-state index in [1.54, 1.807) is 61.7 Å². The van der Waals surface area contributed by atoms with E-state index in [4.69, 9.17) is 9.47 Å². The van der Waals surface area contributed by atoms with Crippen LogP contribution < -0.4 is 20.1 Å². The van der Waals surface area contributed by atoms with Gasteiger partial charge in [-0.05, 0) is 59.8 Å². The van der Waals surface area contributed by atoms with Crippen molar-refractivity contribution in [2.24, 2.45) is 4.99 Å². The van der Waals surface area contributed by atoms with Gasteiger partial charge in [-0.1, -0.05) is 12.1 Å². The second-order valence-corrected chi connectivity index (χ2v) is 7.18. The lowest BCUT2D eigenvalue weighted by molar-refractivity contribution is -0.118. The predicted octanol–water partition coefficient (Wildman–Crippen LogP) is 2.82. The Morgan fingerprint density at radius 2 is 1.70 bits per heavy atom. The number of anilines is 1. The molecule has 2 N–H and O–H groups in total. The molecular weight excluding hydrogens is 406 g/mol. The first-order chi connectivity index (χ1) is 14.4. The lowest BCUT2D eigenvalue weighted by atomic mass is 10.2. The van der Waals surface area contributed by atoms with Crippen LogP contribution in [0.2, 0.25) is 0 Å². The first-order valence-electron chi connectivity index (χ1n) is 8.90. The summed E-state index contributed by atoms with van der Waals surface area (Å²) in [4.78, 5) is 39.2. The molecule has 0 saturated carbocycles. The van der Waals surface area contributed by atoms with Crippen LogP contribution in [0.5, 0.6) is 11.5 Å². The Hall–Kier alpha value is -3.59. The zero-order valence-electron chi connectivity index (χ0n) is 16.3. The Morgan fingerprint density at radius 1 is 1.03 bits per heavy atom. The van der Waals surface area contributed by atoms with Gasteiger partial charge in [0.2, 0.25) is 5.91 Å². The molecule has 0 radical (unpaired) electrons. The molecule has 154 valence electrons. The summed E-state index contributed by atoms with van der Waals surface area (Å²) in [6.45, 7) is 1.21. The van der Waals surface area contributed by atoms with E-state index in [0.717, 1.165) is 17.3 Å². The first kappa shape index (κ1) is 21.1. The fourth-order valence-electron chi connectivity index (χ4n) is 2.45. The minimum atomic E-state index is -0.403. The van der Waals surface area contributed by atoms with Crippen LogP contribution in [0.1, 0.15) is 12.5 Å². The lowest BCUT2D eigenvalue weighted by Crippen LogP contribution is -2.23. The predicted molar refractivity (Wildman–Crippen MR) is 115 cm³/mol. The molecule has 1 aliphatic rings. The number of methoxy groups -OCH3 is 1. The molecule has 2 aromatic carbocycles. The second kappa shape index (κ2) is 9.75. The maximum absolute atomic E-state index is 12.0. The van der Waals surface area contributed by atoms with Crippen molar-refractivity contribution in [1.29, 1.82) is 0 Å². The van der Waals surface area contributed by atoms with Crippen molar-refractivity contribution in [3.63, 3.8) is 0 Å². The van der Waals surface area contributed by atoms with E-state index in [9.17, 15) is 14.4 Å². The molecule has 0 saturated heterocycles. The fraction of sp³-hybridized carbons (Fsp3) is 0.143. The van der Waals surface area contributed by atoms with Gasteiger partial charge in [0.15, 0.2) is 11.8 Å². The molecule has 8 nitrogen and oxygen atoms in total. The number of rotatable bonds is 6. The molecule has 0 atom stereocenters. The quantitative estimate of drug-likeness (QED) is 0.690. The van der Waals surface area contributed by atoms with Crippen LogP contribution in [0.4, 0.5) is 5.69 Å². The number of benzene rings is 2. The van der Waals surface area contributed by atoms with Gasteiger partial charge in [-0.3, -0.25) is 14.4 Å². The molecule has 0 aromatic heterocycles. The van der Waals surface area contributed by atoms with E-state index in [1.165, 1.54) is 6.92 Å². The second-order valence-electron chi connectivity index (χ2n) is 6.15. The molecule has 0 bridgehead atoms. The van der Waals surface area contributed by atoms with Crippen LogP contribution in [0.3, 0.4) is 0 Å². The molecule has 1 aliphatic heterocycles. The molecule has 0 fully saturated rings. The van der Waals surface area contributed by atoms with Crippen molar-refractivity contribution in [3.8, 4) is 11.5 Å². The van der Waals surface area contributed by atoms with Crippen LogP contribution in [0.25, 0.3) is 6.08 Å². The molecule has 1 heterocycles. The Kier molecular flexibility index (Phi) is 6.87. The highest BCUT2D eigenvalue weighted by Crippen LogP contribution is 2.28. The molecule has 0 unspecified atom stereocenters. The summed E-state index contributed by atoms with van der Waals surface area (Å²) in [5, 5.41) is 5.49. The van der Waals surface area contributed by atoms with Crippen LogP contribution in [0.15, 0.2) is 58.4 Å². The summed E-state index contributed by atoms with van der Waals surface area (Å²) >= 11 is 1.10. The Balaban J connectivity index is 1.51. The third kappa shape index (κ3) is 5.95. The summed E-state index contributed by atoms with van der Waals surface area (Å²) in [7, 11) is 1.57. The largest absolute Gasteiger partial charge is 0.497 e. The third-order valence-corrected chi connectivity index (χ3v) is 4.72. The van der Waals surface area contributed by atoms with Crippen LogP contribution >= 0.6 is 11.8 Å². The van der Waals surface area contributed by atoms with Crippen molar-refractivity contribution in [1.82, 2.24) is 5.32 Å². The van der Waals surface area contributed by atoms with E-state index < -0.39 is 5.91 Å². The van der Waals surface area contributed by atoms with Gasteiger partial charge in [0.1, 0.15) is 11.5 Å². The molecular formula is C21H19N3O5S. The van der Waals surface area contributed by atoms with E-state index in [1.807, 2.05) is 0 Å². The van der Waals surface area contributed by atoms with Crippen LogP contribution in [0, 0.1) is 0 Å². The molecule has 3 amide bonds. The number of carbonyl (C=O) groups excluding carboxylic acids is 3. The lowest BCUT2D eigenvalue weighted by Gasteiger charge is -2.08. The maximum atomic E-state index is 12.0. The number of nitrogens with zero attached hydrogens (tertiary/aromatic N) is 1. The number of carbonyl (C=O) groups is 3. The van der Waals surface area contributed by atoms with Crippen molar-refractivity contribution in [2.45, 2.75) is 6.92 Å². The van der Waals surface area contributed by atoms with Gasteiger partial charge in [-0.25, -0.2) is 0 Å². The molecule has 0 aliphatic carbocycles. The molecule has 2 aromatic rings. The summed E-state index contributed by atoms with van der Waals surface area (Å²) in [6, 6.07) is 13.9. The van der Waals surface area contributed by atoms with Gasteiger partial charge >= 0.3 is 0 Å². The Bertz CT molecular complexity index is 1010. The number of amides is 3. The smallest absolute Gasteiger partial charge is 0.286 e. The number of ether oxygens (including phenoxy) is 2. The SMILES string of the molecule is COc1ccc(NC(=O)COc2ccc(/C=C3\SC(NC(C)=O)=NC3=O)cc2)cc1. The zero-order chi connectivity index (χ0) is 21.5. The minimum Gasteiger partial charge on any atom is -0.497 e. The normalized spacial score (nSPS) is 14.3. The fourth-order valence-corrected chi connectivity index (χ4v) is 3.30. The molecule has 9 heteroatoms. The zero-order valence-corrected chi connectivity index (χ0v) is 17.1. The van der Waals surface area contributed by atoms with Crippen LogP contribution in [-0.4, -0.2) is 36.6 Å². The highest BCUT2D eigenvalue weighted by atomic mass is 32.2. The first-order valence-corrected chi connectivity index (χ1v) is 9.71. The third-order valence-electron chi connectivity index (χ3n) is 3.83. The summed E-state index contributed by atoms with van der Waals surface area (Å²) < 4.78 is 10.6. The molecule has 0 spiro atoms. The topological polar surface area (TPSA) is 106 Å². The average Bonchev–Trinajstić information content (AvgIpc) is 3.06. The minimum absolute atomic E-state index is 0.144.